The quantitative estimate of drug-likeness (QED) is 0.415. The highest BCUT2D eigenvalue weighted by molar-refractivity contribution is 6.31. The van der Waals surface area contributed by atoms with E-state index in [1.807, 2.05) is 0 Å². The standard InChI is InChI=1S/C20H27N3O4/c1-3-4-5-6-7-8-13-16(24)21-22-19(26)17-18(25)14-11-9-10-12-15(14)23(2)20(17)27/h9-12,17H,3-8,13H2,1-2H3,(H,21,24)(H,22,26). The van der Waals surface area contributed by atoms with Crippen molar-refractivity contribution in [3.05, 3.63) is 29.8 Å². The highest BCUT2D eigenvalue weighted by atomic mass is 16.2. The second-order valence-electron chi connectivity index (χ2n) is 6.77. The predicted molar refractivity (Wildman–Crippen MR) is 102 cm³/mol. The normalized spacial score (nSPS) is 16.1. The third kappa shape index (κ3) is 5.15. The Morgan fingerprint density at radius 3 is 2.41 bits per heavy atom. The predicted octanol–water partition coefficient (Wildman–Crippen LogP) is 2.36. The van der Waals surface area contributed by atoms with Gasteiger partial charge in [0.2, 0.25) is 11.8 Å². The molecule has 0 aliphatic carbocycles. The molecule has 146 valence electrons. The summed E-state index contributed by atoms with van der Waals surface area (Å²) >= 11 is 0. The molecule has 3 amide bonds. The van der Waals surface area contributed by atoms with Crippen molar-refractivity contribution in [3.8, 4) is 0 Å². The summed E-state index contributed by atoms with van der Waals surface area (Å²) in [5.74, 6) is -3.80. The molecule has 7 heteroatoms. The molecule has 1 aromatic carbocycles. The lowest BCUT2D eigenvalue weighted by Gasteiger charge is -2.29. The van der Waals surface area contributed by atoms with Crippen molar-refractivity contribution in [1.82, 2.24) is 10.9 Å². The van der Waals surface area contributed by atoms with Crippen molar-refractivity contribution in [2.24, 2.45) is 5.92 Å². The topological polar surface area (TPSA) is 95.6 Å². The van der Waals surface area contributed by atoms with Gasteiger partial charge < -0.3 is 4.90 Å². The molecule has 7 nitrogen and oxygen atoms in total. The summed E-state index contributed by atoms with van der Waals surface area (Å²) in [4.78, 5) is 50.4. The first-order chi connectivity index (χ1) is 13.0. The van der Waals surface area contributed by atoms with Crippen molar-refractivity contribution in [1.29, 1.82) is 0 Å². The Kier molecular flexibility index (Phi) is 7.52. The van der Waals surface area contributed by atoms with Gasteiger partial charge in [-0.3, -0.25) is 30.0 Å². The van der Waals surface area contributed by atoms with Gasteiger partial charge in [0, 0.05) is 19.0 Å². The summed E-state index contributed by atoms with van der Waals surface area (Å²) in [6.45, 7) is 2.15. The molecule has 0 radical (unpaired) electrons. The van der Waals surface area contributed by atoms with E-state index < -0.39 is 23.5 Å². The number of carbonyl (C=O) groups excluding carboxylic acids is 4. The molecule has 27 heavy (non-hydrogen) atoms. The van der Waals surface area contributed by atoms with E-state index in [1.54, 1.807) is 24.3 Å². The van der Waals surface area contributed by atoms with Crippen molar-refractivity contribution in [3.63, 3.8) is 0 Å². The summed E-state index contributed by atoms with van der Waals surface area (Å²) in [5.41, 5.74) is 5.31. The Labute approximate surface area is 159 Å². The van der Waals surface area contributed by atoms with Gasteiger partial charge in [-0.1, -0.05) is 51.2 Å². The van der Waals surface area contributed by atoms with E-state index in [4.69, 9.17) is 0 Å². The molecular formula is C20H27N3O4. The summed E-state index contributed by atoms with van der Waals surface area (Å²) < 4.78 is 0. The van der Waals surface area contributed by atoms with Crippen LogP contribution in [0, 0.1) is 5.92 Å². The molecule has 0 aromatic heterocycles. The molecule has 0 spiro atoms. The van der Waals surface area contributed by atoms with Crippen LogP contribution >= 0.6 is 0 Å². The Morgan fingerprint density at radius 1 is 1.00 bits per heavy atom. The molecule has 0 fully saturated rings. The third-order valence-corrected chi connectivity index (χ3v) is 4.72. The summed E-state index contributed by atoms with van der Waals surface area (Å²) in [7, 11) is 1.52. The van der Waals surface area contributed by atoms with E-state index in [9.17, 15) is 19.2 Å². The fraction of sp³-hybridized carbons (Fsp3) is 0.500. The number of ketones is 1. The van der Waals surface area contributed by atoms with Gasteiger partial charge in [0.15, 0.2) is 11.7 Å². The number of unbranched alkanes of at least 4 members (excludes halogenated alkanes) is 5. The highest BCUT2D eigenvalue weighted by Crippen LogP contribution is 2.29. The SMILES string of the molecule is CCCCCCCCC(=O)NNC(=O)C1C(=O)c2ccccc2N(C)C1=O. The lowest BCUT2D eigenvalue weighted by molar-refractivity contribution is -0.135. The monoisotopic (exact) mass is 373 g/mol. The molecule has 1 aromatic rings. The van der Waals surface area contributed by atoms with Crippen LogP contribution in [0.2, 0.25) is 0 Å². The first kappa shape index (κ1) is 20.6. The number of nitrogens with one attached hydrogen (secondary N) is 2. The Morgan fingerprint density at radius 2 is 1.67 bits per heavy atom. The van der Waals surface area contributed by atoms with Gasteiger partial charge in [-0.2, -0.15) is 0 Å². The third-order valence-electron chi connectivity index (χ3n) is 4.72. The molecule has 1 aliphatic heterocycles. The first-order valence-corrected chi connectivity index (χ1v) is 9.46. The number of benzene rings is 1. The minimum Gasteiger partial charge on any atom is -0.314 e. The van der Waals surface area contributed by atoms with Crippen LogP contribution in [0.15, 0.2) is 24.3 Å². The minimum atomic E-state index is -1.49. The van der Waals surface area contributed by atoms with E-state index >= 15 is 0 Å². The molecule has 0 saturated carbocycles. The van der Waals surface area contributed by atoms with Crippen molar-refractivity contribution in [2.75, 3.05) is 11.9 Å². The zero-order valence-electron chi connectivity index (χ0n) is 15.9. The second-order valence-corrected chi connectivity index (χ2v) is 6.77. The zero-order chi connectivity index (χ0) is 19.8. The number of nitrogens with zero attached hydrogens (tertiary/aromatic N) is 1. The van der Waals surface area contributed by atoms with Crippen LogP contribution in [0.5, 0.6) is 0 Å². The highest BCUT2D eigenvalue weighted by Gasteiger charge is 2.42. The molecule has 1 aliphatic rings. The number of para-hydroxylation sites is 1. The number of anilines is 1. The van der Waals surface area contributed by atoms with Gasteiger partial charge in [-0.15, -0.1) is 0 Å². The van der Waals surface area contributed by atoms with Crippen LogP contribution in [0.25, 0.3) is 0 Å². The van der Waals surface area contributed by atoms with Gasteiger partial charge in [0.1, 0.15) is 0 Å². The largest absolute Gasteiger partial charge is 0.314 e. The first-order valence-electron chi connectivity index (χ1n) is 9.46. The Bertz CT molecular complexity index is 717. The van der Waals surface area contributed by atoms with E-state index in [0.717, 1.165) is 25.7 Å². The van der Waals surface area contributed by atoms with Crippen LogP contribution < -0.4 is 15.8 Å². The number of hydrogen-bond donors (Lipinski definition) is 2. The maximum atomic E-state index is 12.5. The van der Waals surface area contributed by atoms with E-state index in [1.165, 1.54) is 24.8 Å². The van der Waals surface area contributed by atoms with Crippen LogP contribution in [0.1, 0.15) is 62.2 Å². The Balaban J connectivity index is 1.84. The van der Waals surface area contributed by atoms with Gasteiger partial charge in [-0.05, 0) is 18.6 Å². The summed E-state index contributed by atoms with van der Waals surface area (Å²) in [6, 6.07) is 6.63. The van der Waals surface area contributed by atoms with E-state index in [2.05, 4.69) is 17.8 Å². The molecule has 2 rings (SSSR count). The van der Waals surface area contributed by atoms with Crippen LogP contribution in [-0.4, -0.2) is 30.6 Å². The molecule has 1 unspecified atom stereocenters. The van der Waals surface area contributed by atoms with Gasteiger partial charge in [-0.25, -0.2) is 0 Å². The number of hydrogen-bond acceptors (Lipinski definition) is 4. The maximum Gasteiger partial charge on any atom is 0.258 e. The molecule has 1 heterocycles. The smallest absolute Gasteiger partial charge is 0.258 e. The zero-order valence-corrected chi connectivity index (χ0v) is 15.9. The van der Waals surface area contributed by atoms with E-state index in [-0.39, 0.29) is 5.91 Å². The Hall–Kier alpha value is -2.70. The fourth-order valence-electron chi connectivity index (χ4n) is 3.12. The maximum absolute atomic E-state index is 12.5. The van der Waals surface area contributed by atoms with Crippen LogP contribution in [0.3, 0.4) is 0 Å². The van der Waals surface area contributed by atoms with Crippen LogP contribution in [0.4, 0.5) is 5.69 Å². The van der Waals surface area contributed by atoms with Crippen LogP contribution in [-0.2, 0) is 14.4 Å². The average molecular weight is 373 g/mol. The van der Waals surface area contributed by atoms with Gasteiger partial charge in [0.05, 0.1) is 5.69 Å². The lowest BCUT2D eigenvalue weighted by Crippen LogP contribution is -2.53. The number of hydrazine groups is 1. The number of amides is 3. The van der Waals surface area contributed by atoms with Gasteiger partial charge in [0.25, 0.3) is 5.91 Å². The number of fused-ring (bicyclic) bond motifs is 1. The summed E-state index contributed by atoms with van der Waals surface area (Å²) in [5, 5.41) is 0. The molecule has 2 N–H and O–H groups in total. The number of Topliss-reactive ketones (excluding diaryl/α,β-unsaturated/α-hetero) is 1. The lowest BCUT2D eigenvalue weighted by atomic mass is 9.90. The molecule has 1 atom stereocenters. The molecule has 0 saturated heterocycles. The minimum absolute atomic E-state index is 0.293. The number of rotatable bonds is 8. The van der Waals surface area contributed by atoms with Crippen molar-refractivity contribution < 1.29 is 19.2 Å². The van der Waals surface area contributed by atoms with Gasteiger partial charge >= 0.3 is 0 Å². The summed E-state index contributed by atoms with van der Waals surface area (Å²) in [6.07, 6.45) is 6.61. The van der Waals surface area contributed by atoms with Crippen molar-refractivity contribution >= 4 is 29.2 Å². The molecular weight excluding hydrogens is 346 g/mol. The second kappa shape index (κ2) is 9.85. The average Bonchev–Trinajstić information content (AvgIpc) is 2.67. The molecule has 0 bridgehead atoms. The fourth-order valence-corrected chi connectivity index (χ4v) is 3.12. The van der Waals surface area contributed by atoms with E-state index in [0.29, 0.717) is 17.7 Å². The number of carbonyl (C=O) groups is 4. The van der Waals surface area contributed by atoms with Crippen molar-refractivity contribution in [2.45, 2.75) is 51.9 Å².